The molecule has 2 aromatic carbocycles. The van der Waals surface area contributed by atoms with Crippen molar-refractivity contribution in [3.63, 3.8) is 0 Å². The van der Waals surface area contributed by atoms with Gasteiger partial charge in [-0.1, -0.05) is 60.7 Å². The third-order valence-electron chi connectivity index (χ3n) is 6.74. The maximum Gasteiger partial charge on any atom is 0.278 e. The van der Waals surface area contributed by atoms with Crippen molar-refractivity contribution in [2.24, 2.45) is 0 Å². The lowest BCUT2D eigenvalue weighted by molar-refractivity contribution is 0.205. The fourth-order valence-electron chi connectivity index (χ4n) is 4.77. The van der Waals surface area contributed by atoms with Gasteiger partial charge in [0.05, 0.1) is 17.3 Å². The number of aryl methyl sites for hydroxylation is 1. The third-order valence-corrected chi connectivity index (χ3v) is 7.02. The molecule has 0 unspecified atom stereocenters. The van der Waals surface area contributed by atoms with Crippen LogP contribution in [0.1, 0.15) is 47.0 Å². The van der Waals surface area contributed by atoms with E-state index in [1.54, 1.807) is 11.1 Å². The summed E-state index contributed by atoms with van der Waals surface area (Å²) >= 11 is 3.99. The summed E-state index contributed by atoms with van der Waals surface area (Å²) < 4.78 is 0. The van der Waals surface area contributed by atoms with Crippen molar-refractivity contribution in [1.29, 1.82) is 5.26 Å². The van der Waals surface area contributed by atoms with Gasteiger partial charge in [-0.3, -0.25) is 9.89 Å². The highest BCUT2D eigenvalue weighted by atomic mass is 32.1. The normalized spacial score (nSPS) is 14.0. The number of likely N-dealkylation sites (tertiary alicyclic amines) is 1. The molecular formula is C28H26N6OS. The average molecular weight is 495 g/mol. The summed E-state index contributed by atoms with van der Waals surface area (Å²) in [6.07, 6.45) is 3.88. The van der Waals surface area contributed by atoms with Gasteiger partial charge in [0.25, 0.3) is 5.24 Å². The van der Waals surface area contributed by atoms with Gasteiger partial charge in [0.1, 0.15) is 11.5 Å². The highest BCUT2D eigenvalue weighted by Gasteiger charge is 2.28. The number of carbonyl (C=O) groups is 1. The molecule has 1 fully saturated rings. The van der Waals surface area contributed by atoms with Crippen molar-refractivity contribution >= 4 is 17.9 Å². The number of aromatic amines is 1. The minimum absolute atomic E-state index is 0.184. The van der Waals surface area contributed by atoms with Gasteiger partial charge in [0, 0.05) is 48.4 Å². The zero-order chi connectivity index (χ0) is 25.1. The molecule has 0 bridgehead atoms. The second kappa shape index (κ2) is 10.3. The molecule has 1 amide bonds. The van der Waals surface area contributed by atoms with Gasteiger partial charge in [-0.05, 0) is 37.5 Å². The average Bonchev–Trinajstić information content (AvgIpc) is 3.35. The quantitative estimate of drug-likeness (QED) is 0.355. The molecule has 5 rings (SSSR count). The molecule has 0 aliphatic carbocycles. The van der Waals surface area contributed by atoms with E-state index < -0.39 is 0 Å². The van der Waals surface area contributed by atoms with E-state index in [0.29, 0.717) is 30.9 Å². The minimum atomic E-state index is -0.184. The van der Waals surface area contributed by atoms with Crippen molar-refractivity contribution < 1.29 is 4.79 Å². The lowest BCUT2D eigenvalue weighted by atomic mass is 9.89. The number of aromatic nitrogens is 4. The van der Waals surface area contributed by atoms with Crippen LogP contribution >= 0.6 is 12.6 Å². The second-order valence-corrected chi connectivity index (χ2v) is 9.46. The van der Waals surface area contributed by atoms with Crippen LogP contribution in [0.25, 0.3) is 22.5 Å². The number of thiol groups is 1. The topological polar surface area (TPSA) is 98.6 Å². The Hall–Kier alpha value is -3.96. The Kier molecular flexibility index (Phi) is 6.83. The van der Waals surface area contributed by atoms with E-state index in [1.807, 2.05) is 30.3 Å². The smallest absolute Gasteiger partial charge is 0.278 e. The van der Waals surface area contributed by atoms with Crippen molar-refractivity contribution in [1.82, 2.24) is 25.1 Å². The predicted molar refractivity (Wildman–Crippen MR) is 142 cm³/mol. The number of rotatable bonds is 5. The number of nitrogens with zero attached hydrogens (tertiary/aromatic N) is 5. The van der Waals surface area contributed by atoms with Crippen LogP contribution in [0.2, 0.25) is 0 Å². The summed E-state index contributed by atoms with van der Waals surface area (Å²) in [5.41, 5.74) is 7.34. The Morgan fingerprint density at radius 1 is 1.14 bits per heavy atom. The Morgan fingerprint density at radius 2 is 1.89 bits per heavy atom. The van der Waals surface area contributed by atoms with Gasteiger partial charge < -0.3 is 4.90 Å². The molecular weight excluding hydrogens is 468 g/mol. The summed E-state index contributed by atoms with van der Waals surface area (Å²) in [6, 6.07) is 20.0. The summed E-state index contributed by atoms with van der Waals surface area (Å²) in [5, 5.41) is 17.4. The highest BCUT2D eigenvalue weighted by molar-refractivity contribution is 7.96. The number of piperidine rings is 1. The molecule has 180 valence electrons. The molecule has 1 aliphatic rings. The second-order valence-electron chi connectivity index (χ2n) is 9.07. The molecule has 0 saturated carbocycles. The SMILES string of the molecule is Cc1ccc(-c2n[nH]c(C3CCN(C(=O)S)CC3)c2-c2ccnc(Cc3ccccc3C#N)n2)cc1. The van der Waals surface area contributed by atoms with Gasteiger partial charge in [-0.2, -0.15) is 10.4 Å². The predicted octanol–water partition coefficient (Wildman–Crippen LogP) is 5.53. The number of hydrogen-bond acceptors (Lipinski definition) is 5. The van der Waals surface area contributed by atoms with E-state index in [9.17, 15) is 10.1 Å². The van der Waals surface area contributed by atoms with E-state index in [0.717, 1.165) is 46.6 Å². The lowest BCUT2D eigenvalue weighted by Crippen LogP contribution is -2.34. The van der Waals surface area contributed by atoms with Gasteiger partial charge in [-0.15, -0.1) is 0 Å². The maximum atomic E-state index is 11.7. The first-order valence-electron chi connectivity index (χ1n) is 12.0. The summed E-state index contributed by atoms with van der Waals surface area (Å²) in [5.74, 6) is 0.862. The molecule has 4 aromatic rings. The first-order chi connectivity index (χ1) is 17.5. The van der Waals surface area contributed by atoms with Crippen LogP contribution in [-0.4, -0.2) is 43.4 Å². The van der Waals surface area contributed by atoms with E-state index in [2.05, 4.69) is 60.0 Å². The van der Waals surface area contributed by atoms with Crippen molar-refractivity contribution in [2.45, 2.75) is 32.1 Å². The number of carbonyl (C=O) groups excluding carboxylic acids is 1. The molecule has 1 saturated heterocycles. The summed E-state index contributed by atoms with van der Waals surface area (Å²) in [6.45, 7) is 3.38. The molecule has 1 aliphatic heterocycles. The molecule has 0 radical (unpaired) electrons. The maximum absolute atomic E-state index is 11.7. The molecule has 8 heteroatoms. The third kappa shape index (κ3) is 4.88. The van der Waals surface area contributed by atoms with Gasteiger partial charge in [0.15, 0.2) is 0 Å². The molecule has 2 aromatic heterocycles. The summed E-state index contributed by atoms with van der Waals surface area (Å²) in [7, 11) is 0. The van der Waals surface area contributed by atoms with Crippen molar-refractivity contribution in [3.8, 4) is 28.6 Å². The standard InChI is InChI=1S/C28H26N6OS/c1-18-6-8-19(9-7-18)26-25(27(33-32-26)20-11-14-34(15-12-20)28(35)36)23-10-13-30-24(31-23)16-21-4-2-3-5-22(21)17-29/h2-10,13,20H,11-12,14-16H2,1H3,(H,32,33)(H,35,36). The molecule has 1 N–H and O–H groups in total. The number of amides is 1. The van der Waals surface area contributed by atoms with E-state index in [1.165, 1.54) is 5.56 Å². The first kappa shape index (κ1) is 23.8. The fraction of sp³-hybridized carbons (Fsp3) is 0.250. The Morgan fingerprint density at radius 3 is 2.61 bits per heavy atom. The number of hydrogen-bond donors (Lipinski definition) is 2. The zero-order valence-corrected chi connectivity index (χ0v) is 20.9. The van der Waals surface area contributed by atoms with Gasteiger partial charge in [-0.25, -0.2) is 9.97 Å². The molecule has 0 atom stereocenters. The summed E-state index contributed by atoms with van der Waals surface area (Å²) in [4.78, 5) is 22.9. The highest BCUT2D eigenvalue weighted by Crippen LogP contribution is 2.39. The molecule has 3 heterocycles. The monoisotopic (exact) mass is 494 g/mol. The zero-order valence-electron chi connectivity index (χ0n) is 20.0. The van der Waals surface area contributed by atoms with Gasteiger partial charge >= 0.3 is 0 Å². The van der Waals surface area contributed by atoms with Crippen LogP contribution in [0.4, 0.5) is 4.79 Å². The molecule has 36 heavy (non-hydrogen) atoms. The Bertz CT molecular complexity index is 1430. The van der Waals surface area contributed by atoms with Crippen molar-refractivity contribution in [2.75, 3.05) is 13.1 Å². The van der Waals surface area contributed by atoms with Gasteiger partial charge in [0.2, 0.25) is 0 Å². The van der Waals surface area contributed by atoms with E-state index >= 15 is 0 Å². The number of H-pyrrole nitrogens is 1. The van der Waals surface area contributed by atoms with Crippen LogP contribution in [-0.2, 0) is 6.42 Å². The van der Waals surface area contributed by atoms with E-state index in [-0.39, 0.29) is 11.2 Å². The number of nitrogens with one attached hydrogen (secondary N) is 1. The largest absolute Gasteiger partial charge is 0.334 e. The number of benzene rings is 2. The lowest BCUT2D eigenvalue weighted by Gasteiger charge is -2.30. The van der Waals surface area contributed by atoms with Crippen molar-refractivity contribution in [3.05, 3.63) is 89.0 Å². The van der Waals surface area contributed by atoms with Crippen LogP contribution in [0.5, 0.6) is 0 Å². The molecule has 0 spiro atoms. The molecule has 7 nitrogen and oxygen atoms in total. The van der Waals surface area contributed by atoms with Crippen LogP contribution in [0.15, 0.2) is 60.8 Å². The number of nitriles is 1. The fourth-order valence-corrected chi connectivity index (χ4v) is 4.97. The van der Waals surface area contributed by atoms with Crippen LogP contribution in [0, 0.1) is 18.3 Å². The van der Waals surface area contributed by atoms with E-state index in [4.69, 9.17) is 10.1 Å². The first-order valence-corrected chi connectivity index (χ1v) is 12.4. The van der Waals surface area contributed by atoms with Crippen LogP contribution < -0.4 is 0 Å². The Balaban J connectivity index is 1.55. The Labute approximate surface area is 215 Å². The minimum Gasteiger partial charge on any atom is -0.334 e. The van der Waals surface area contributed by atoms with Crippen LogP contribution in [0.3, 0.4) is 0 Å².